The third-order valence-corrected chi connectivity index (χ3v) is 6.10. The molecule has 0 spiro atoms. The first-order valence-corrected chi connectivity index (χ1v) is 10.4. The number of hydrogen-bond acceptors (Lipinski definition) is 4. The maximum atomic E-state index is 12.5. The lowest BCUT2D eigenvalue weighted by molar-refractivity contribution is -0.274. The highest BCUT2D eigenvalue weighted by Crippen LogP contribution is 2.31. The summed E-state index contributed by atoms with van der Waals surface area (Å²) < 4.78 is 67.6. The quantitative estimate of drug-likeness (QED) is 0.649. The van der Waals surface area contributed by atoms with E-state index in [0.29, 0.717) is 12.8 Å². The number of hydrogen-bond donors (Lipinski definition) is 2. The van der Waals surface area contributed by atoms with E-state index in [4.69, 9.17) is 23.2 Å². The van der Waals surface area contributed by atoms with Crippen molar-refractivity contribution in [1.29, 1.82) is 0 Å². The molecule has 156 valence electrons. The molecule has 1 fully saturated rings. The van der Waals surface area contributed by atoms with Crippen LogP contribution in [-0.2, 0) is 10.0 Å². The summed E-state index contributed by atoms with van der Waals surface area (Å²) in [5, 5.41) is 2.19. The van der Waals surface area contributed by atoms with Gasteiger partial charge in [0.2, 0.25) is 10.0 Å². The Morgan fingerprint density at radius 3 is 2.24 bits per heavy atom. The van der Waals surface area contributed by atoms with Gasteiger partial charge in [-0.05, 0) is 49.2 Å². The Morgan fingerprint density at radius 1 is 1.07 bits per heavy atom. The number of carbonyl (C=O) groups is 1. The van der Waals surface area contributed by atoms with Crippen LogP contribution in [0.1, 0.15) is 23.2 Å². The van der Waals surface area contributed by atoms with E-state index in [1.165, 1.54) is 12.1 Å². The molecule has 0 aliphatic heterocycles. The van der Waals surface area contributed by atoms with Crippen LogP contribution in [0.5, 0.6) is 5.75 Å². The summed E-state index contributed by atoms with van der Waals surface area (Å²) in [5.74, 6) is -1.22. The van der Waals surface area contributed by atoms with E-state index in [1.54, 1.807) is 0 Å². The van der Waals surface area contributed by atoms with Crippen LogP contribution in [0.3, 0.4) is 0 Å². The summed E-state index contributed by atoms with van der Waals surface area (Å²) in [6.45, 7) is 0. The van der Waals surface area contributed by atoms with E-state index in [-0.39, 0.29) is 32.2 Å². The van der Waals surface area contributed by atoms with Gasteiger partial charge in [-0.1, -0.05) is 23.2 Å². The number of halogens is 5. The van der Waals surface area contributed by atoms with Crippen molar-refractivity contribution in [1.82, 2.24) is 4.72 Å². The second-order valence-corrected chi connectivity index (χ2v) is 8.68. The van der Waals surface area contributed by atoms with Gasteiger partial charge in [-0.2, -0.15) is 0 Å². The molecule has 0 aromatic heterocycles. The normalized spacial score (nSPS) is 14.5. The molecule has 1 amide bonds. The predicted molar refractivity (Wildman–Crippen MR) is 101 cm³/mol. The molecular weight excluding hydrogens is 456 g/mol. The fraction of sp³-hybridized carbons (Fsp3) is 0.235. The molecule has 29 heavy (non-hydrogen) atoms. The van der Waals surface area contributed by atoms with Gasteiger partial charge in [0, 0.05) is 11.7 Å². The zero-order chi connectivity index (χ0) is 21.4. The van der Waals surface area contributed by atoms with Gasteiger partial charge in [0.15, 0.2) is 0 Å². The summed E-state index contributed by atoms with van der Waals surface area (Å²) in [5.41, 5.74) is -0.0149. The average molecular weight is 469 g/mol. The molecule has 1 aliphatic rings. The lowest BCUT2D eigenvalue weighted by Gasteiger charge is -2.12. The third-order valence-electron chi connectivity index (χ3n) is 3.80. The molecule has 1 aliphatic carbocycles. The first-order chi connectivity index (χ1) is 13.4. The van der Waals surface area contributed by atoms with E-state index in [9.17, 15) is 26.4 Å². The van der Waals surface area contributed by atoms with Crippen LogP contribution in [0.25, 0.3) is 0 Å². The third kappa shape index (κ3) is 5.75. The minimum atomic E-state index is -4.84. The number of nitrogens with one attached hydrogen (secondary N) is 2. The summed E-state index contributed by atoms with van der Waals surface area (Å²) in [6.07, 6.45) is -3.41. The Bertz CT molecular complexity index is 1040. The van der Waals surface area contributed by atoms with Crippen molar-refractivity contribution in [3.8, 4) is 5.75 Å². The van der Waals surface area contributed by atoms with Crippen molar-refractivity contribution in [2.45, 2.75) is 30.1 Å². The van der Waals surface area contributed by atoms with E-state index in [0.717, 1.165) is 24.3 Å². The molecule has 0 radical (unpaired) electrons. The number of carbonyl (C=O) groups excluding carboxylic acids is 1. The standard InChI is InChI=1S/C17H13Cl2F3N2O4S/c18-13-8-14(19)15(29(26,27)24-10-1-2-10)7-12(13)16(25)23-9-3-5-11(6-4-9)28-17(20,21)22/h3-8,10,24H,1-2H2,(H,23,25). The van der Waals surface area contributed by atoms with Crippen molar-refractivity contribution >= 4 is 44.8 Å². The lowest BCUT2D eigenvalue weighted by Crippen LogP contribution is -2.26. The van der Waals surface area contributed by atoms with Gasteiger partial charge in [0.25, 0.3) is 5.91 Å². The Hall–Kier alpha value is -2.01. The Balaban J connectivity index is 1.81. The van der Waals surface area contributed by atoms with Crippen LogP contribution in [0, 0.1) is 0 Å². The number of sulfonamides is 1. The molecule has 2 aromatic rings. The van der Waals surface area contributed by atoms with Gasteiger partial charge in [0.1, 0.15) is 10.6 Å². The second-order valence-electron chi connectivity index (χ2n) is 6.18. The van der Waals surface area contributed by atoms with Gasteiger partial charge in [0.05, 0.1) is 15.6 Å². The summed E-state index contributed by atoms with van der Waals surface area (Å²) in [4.78, 5) is 12.2. The first kappa shape index (κ1) is 21.7. The van der Waals surface area contributed by atoms with Crippen molar-refractivity contribution in [3.63, 3.8) is 0 Å². The van der Waals surface area contributed by atoms with Gasteiger partial charge in [-0.3, -0.25) is 4.79 Å². The molecule has 12 heteroatoms. The van der Waals surface area contributed by atoms with Gasteiger partial charge in [-0.15, -0.1) is 13.2 Å². The largest absolute Gasteiger partial charge is 0.573 e. The van der Waals surface area contributed by atoms with Crippen LogP contribution in [-0.4, -0.2) is 26.7 Å². The molecule has 2 N–H and O–H groups in total. The van der Waals surface area contributed by atoms with Crippen LogP contribution in [0.15, 0.2) is 41.3 Å². The first-order valence-electron chi connectivity index (χ1n) is 8.13. The number of amides is 1. The topological polar surface area (TPSA) is 84.5 Å². The molecule has 6 nitrogen and oxygen atoms in total. The van der Waals surface area contributed by atoms with Gasteiger partial charge >= 0.3 is 6.36 Å². The molecule has 3 rings (SSSR count). The van der Waals surface area contributed by atoms with Crippen LogP contribution in [0.2, 0.25) is 10.0 Å². The summed E-state index contributed by atoms with van der Waals surface area (Å²) in [7, 11) is -3.94. The highest BCUT2D eigenvalue weighted by atomic mass is 35.5. The number of ether oxygens (including phenoxy) is 1. The lowest BCUT2D eigenvalue weighted by atomic mass is 10.2. The SMILES string of the molecule is O=C(Nc1ccc(OC(F)(F)F)cc1)c1cc(S(=O)(=O)NC2CC2)c(Cl)cc1Cl. The second kappa shape index (κ2) is 8.02. The minimum Gasteiger partial charge on any atom is -0.406 e. The fourth-order valence-electron chi connectivity index (χ4n) is 2.33. The van der Waals surface area contributed by atoms with Crippen molar-refractivity contribution in [2.75, 3.05) is 5.32 Å². The molecule has 0 saturated heterocycles. The monoisotopic (exact) mass is 468 g/mol. The van der Waals surface area contributed by atoms with E-state index in [1.807, 2.05) is 0 Å². The maximum Gasteiger partial charge on any atom is 0.573 e. The molecule has 0 bridgehead atoms. The zero-order valence-corrected chi connectivity index (χ0v) is 16.7. The maximum absolute atomic E-state index is 12.5. The van der Waals surface area contributed by atoms with Crippen molar-refractivity contribution < 1.29 is 31.1 Å². The van der Waals surface area contributed by atoms with Gasteiger partial charge < -0.3 is 10.1 Å². The van der Waals surface area contributed by atoms with Crippen LogP contribution in [0.4, 0.5) is 18.9 Å². The molecular formula is C17H13Cl2F3N2O4S. The molecule has 0 atom stereocenters. The highest BCUT2D eigenvalue weighted by Gasteiger charge is 2.31. The van der Waals surface area contributed by atoms with Crippen LogP contribution >= 0.6 is 23.2 Å². The number of alkyl halides is 3. The molecule has 1 saturated carbocycles. The van der Waals surface area contributed by atoms with Crippen LogP contribution < -0.4 is 14.8 Å². The number of rotatable bonds is 6. The minimum absolute atomic E-state index is 0.0881. The van der Waals surface area contributed by atoms with Gasteiger partial charge in [-0.25, -0.2) is 13.1 Å². The fourth-order valence-corrected chi connectivity index (χ4v) is 4.50. The van der Waals surface area contributed by atoms with E-state index < -0.39 is 28.0 Å². The zero-order valence-electron chi connectivity index (χ0n) is 14.4. The Kier molecular flexibility index (Phi) is 6.00. The van der Waals surface area contributed by atoms with Crippen molar-refractivity contribution in [2.24, 2.45) is 0 Å². The highest BCUT2D eigenvalue weighted by molar-refractivity contribution is 7.89. The molecule has 0 heterocycles. The molecule has 0 unspecified atom stereocenters. The average Bonchev–Trinajstić information content (AvgIpc) is 3.38. The Labute approximate surface area is 174 Å². The van der Waals surface area contributed by atoms with Crippen molar-refractivity contribution in [3.05, 3.63) is 52.0 Å². The smallest absolute Gasteiger partial charge is 0.406 e. The summed E-state index contributed by atoms with van der Waals surface area (Å²) >= 11 is 12.0. The van der Waals surface area contributed by atoms with E-state index in [2.05, 4.69) is 14.8 Å². The summed E-state index contributed by atoms with van der Waals surface area (Å²) in [6, 6.07) is 6.43. The van der Waals surface area contributed by atoms with E-state index >= 15 is 0 Å². The Morgan fingerprint density at radius 2 is 1.69 bits per heavy atom. The predicted octanol–water partition coefficient (Wildman–Crippen LogP) is 4.59. The molecule has 2 aromatic carbocycles. The number of benzene rings is 2. The number of anilines is 1.